The molecule has 140 valence electrons. The van der Waals surface area contributed by atoms with Gasteiger partial charge in [-0.2, -0.15) is 0 Å². The molecule has 3 atom stereocenters. The maximum atomic E-state index is 12.8. The molecule has 0 radical (unpaired) electrons. The first-order valence-corrected chi connectivity index (χ1v) is 12.3. The van der Waals surface area contributed by atoms with Gasteiger partial charge in [-0.05, 0) is 37.7 Å². The fourth-order valence-electron chi connectivity index (χ4n) is 2.88. The van der Waals surface area contributed by atoms with Crippen LogP contribution >= 0.6 is 0 Å². The molecule has 0 aromatic heterocycles. The number of hydrogen-bond acceptors (Lipinski definition) is 3. The molecule has 0 aliphatic rings. The van der Waals surface area contributed by atoms with Gasteiger partial charge >= 0.3 is 0 Å². The highest BCUT2D eigenvalue weighted by atomic mass is 28.4. The van der Waals surface area contributed by atoms with Crippen molar-refractivity contribution in [2.24, 2.45) is 0 Å². The minimum absolute atomic E-state index is 0.161. The van der Waals surface area contributed by atoms with Crippen LogP contribution in [0.4, 0.5) is 0 Å². The zero-order chi connectivity index (χ0) is 19.2. The van der Waals surface area contributed by atoms with Crippen LogP contribution in [0.2, 0.25) is 19.6 Å². The van der Waals surface area contributed by atoms with Crippen LogP contribution in [-0.4, -0.2) is 27.4 Å². The molecule has 1 amide bonds. The topological polar surface area (TPSA) is 47.6 Å². The Labute approximate surface area is 157 Å². The average Bonchev–Trinajstić information content (AvgIpc) is 2.61. The van der Waals surface area contributed by atoms with E-state index in [1.807, 2.05) is 67.6 Å². The second-order valence-electron chi connectivity index (χ2n) is 7.39. The van der Waals surface area contributed by atoms with Gasteiger partial charge in [0.15, 0.2) is 14.4 Å². The van der Waals surface area contributed by atoms with Crippen molar-refractivity contribution in [3.63, 3.8) is 0 Å². The van der Waals surface area contributed by atoms with E-state index in [0.717, 1.165) is 11.1 Å². The molecule has 0 aliphatic heterocycles. The first-order valence-electron chi connectivity index (χ1n) is 8.92. The van der Waals surface area contributed by atoms with Crippen LogP contribution in [0.5, 0.6) is 0 Å². The maximum Gasteiger partial charge on any atom is 0.254 e. The van der Waals surface area contributed by atoms with Gasteiger partial charge in [-0.25, -0.2) is 0 Å². The van der Waals surface area contributed by atoms with E-state index in [9.17, 15) is 4.79 Å². The molecule has 0 bridgehead atoms. The summed E-state index contributed by atoms with van der Waals surface area (Å²) in [5, 5.41) is 3.08. The van der Waals surface area contributed by atoms with Crippen molar-refractivity contribution in [3.8, 4) is 0 Å². The summed E-state index contributed by atoms with van der Waals surface area (Å²) >= 11 is 0. The van der Waals surface area contributed by atoms with E-state index in [-0.39, 0.29) is 18.1 Å². The SMILES string of the molecule is COC(C(=O)N[C@H](C)[C@@H](O[Si](C)(C)C)c1ccccc1)c1ccccc1. The lowest BCUT2D eigenvalue weighted by atomic mass is 10.0. The fraction of sp³-hybridized carbons (Fsp3) is 0.381. The third-order valence-electron chi connectivity index (χ3n) is 4.01. The molecule has 0 aliphatic carbocycles. The number of methoxy groups -OCH3 is 1. The molecule has 2 rings (SSSR count). The van der Waals surface area contributed by atoms with Gasteiger partial charge in [0.2, 0.25) is 0 Å². The van der Waals surface area contributed by atoms with E-state index in [1.165, 1.54) is 0 Å². The largest absolute Gasteiger partial charge is 0.409 e. The van der Waals surface area contributed by atoms with E-state index < -0.39 is 14.4 Å². The molecule has 0 saturated heterocycles. The maximum absolute atomic E-state index is 12.8. The lowest BCUT2D eigenvalue weighted by molar-refractivity contribution is -0.132. The predicted octanol–water partition coefficient (Wildman–Crippen LogP) is 4.47. The third kappa shape index (κ3) is 5.80. The zero-order valence-electron chi connectivity index (χ0n) is 16.2. The predicted molar refractivity (Wildman–Crippen MR) is 107 cm³/mol. The third-order valence-corrected chi connectivity index (χ3v) is 4.97. The van der Waals surface area contributed by atoms with Crippen molar-refractivity contribution in [2.75, 3.05) is 7.11 Å². The van der Waals surface area contributed by atoms with Gasteiger partial charge in [0.25, 0.3) is 5.91 Å². The summed E-state index contributed by atoms with van der Waals surface area (Å²) in [7, 11) is -0.248. The van der Waals surface area contributed by atoms with Gasteiger partial charge in [0, 0.05) is 7.11 Å². The van der Waals surface area contributed by atoms with Crippen LogP contribution in [0.1, 0.15) is 30.3 Å². The number of benzene rings is 2. The smallest absolute Gasteiger partial charge is 0.254 e. The molecular weight excluding hydrogens is 342 g/mol. The van der Waals surface area contributed by atoms with E-state index in [0.29, 0.717) is 0 Å². The second kappa shape index (κ2) is 9.12. The Morgan fingerprint density at radius 2 is 1.42 bits per heavy atom. The Morgan fingerprint density at radius 1 is 0.923 bits per heavy atom. The molecule has 0 heterocycles. The summed E-state index contributed by atoms with van der Waals surface area (Å²) in [5.41, 5.74) is 1.90. The van der Waals surface area contributed by atoms with E-state index in [2.05, 4.69) is 25.0 Å². The summed E-state index contributed by atoms with van der Waals surface area (Å²) < 4.78 is 11.8. The highest BCUT2D eigenvalue weighted by Gasteiger charge is 2.30. The molecule has 0 fully saturated rings. The Kier molecular flexibility index (Phi) is 7.14. The molecule has 2 aromatic carbocycles. The average molecular weight is 372 g/mol. The number of nitrogens with one attached hydrogen (secondary N) is 1. The highest BCUT2D eigenvalue weighted by molar-refractivity contribution is 6.69. The van der Waals surface area contributed by atoms with Crippen molar-refractivity contribution >= 4 is 14.2 Å². The van der Waals surface area contributed by atoms with Gasteiger partial charge in [-0.15, -0.1) is 0 Å². The zero-order valence-corrected chi connectivity index (χ0v) is 17.2. The second-order valence-corrected chi connectivity index (χ2v) is 11.8. The van der Waals surface area contributed by atoms with Gasteiger partial charge in [-0.1, -0.05) is 60.7 Å². The quantitative estimate of drug-likeness (QED) is 0.696. The lowest BCUT2D eigenvalue weighted by Gasteiger charge is -2.32. The molecule has 1 unspecified atom stereocenters. The van der Waals surface area contributed by atoms with Crippen molar-refractivity contribution in [3.05, 3.63) is 71.8 Å². The van der Waals surface area contributed by atoms with Crippen LogP contribution in [0.15, 0.2) is 60.7 Å². The Bertz CT molecular complexity index is 685. The molecule has 26 heavy (non-hydrogen) atoms. The van der Waals surface area contributed by atoms with Gasteiger partial charge in [-0.3, -0.25) is 4.79 Å². The summed E-state index contributed by atoms with van der Waals surface area (Å²) in [6.45, 7) is 8.44. The number of hydrogen-bond donors (Lipinski definition) is 1. The fourth-order valence-corrected chi connectivity index (χ4v) is 3.98. The summed E-state index contributed by atoms with van der Waals surface area (Å²) in [4.78, 5) is 12.8. The Balaban J connectivity index is 2.17. The van der Waals surface area contributed by atoms with Crippen molar-refractivity contribution in [1.82, 2.24) is 5.32 Å². The van der Waals surface area contributed by atoms with Crippen LogP contribution < -0.4 is 5.32 Å². The van der Waals surface area contributed by atoms with E-state index >= 15 is 0 Å². The van der Waals surface area contributed by atoms with Crippen molar-refractivity contribution in [2.45, 2.75) is 44.8 Å². The monoisotopic (exact) mass is 371 g/mol. The van der Waals surface area contributed by atoms with Crippen LogP contribution in [0.25, 0.3) is 0 Å². The molecular formula is C21H29NO3Si. The normalized spacial score (nSPS) is 15.1. The van der Waals surface area contributed by atoms with Gasteiger partial charge < -0.3 is 14.5 Å². The van der Waals surface area contributed by atoms with E-state index in [4.69, 9.17) is 9.16 Å². The van der Waals surface area contributed by atoms with E-state index in [1.54, 1.807) is 7.11 Å². The molecule has 0 spiro atoms. The van der Waals surface area contributed by atoms with Crippen LogP contribution in [0, 0.1) is 0 Å². The molecule has 4 nitrogen and oxygen atoms in total. The standard InChI is InChI=1S/C21H29NO3Si/c1-16(19(25-26(3,4)5)17-12-8-6-9-13-17)22-21(23)20(24-2)18-14-10-7-11-15-18/h6-16,19-20H,1-5H3,(H,22,23)/t16-,19-,20?/m1/s1. The number of rotatable bonds is 8. The minimum Gasteiger partial charge on any atom is -0.409 e. The minimum atomic E-state index is -1.80. The molecule has 5 heteroatoms. The highest BCUT2D eigenvalue weighted by Crippen LogP contribution is 2.26. The summed E-state index contributed by atoms with van der Waals surface area (Å²) in [6.07, 6.45) is -0.831. The first-order chi connectivity index (χ1) is 12.3. The summed E-state index contributed by atoms with van der Waals surface area (Å²) in [5.74, 6) is -0.161. The van der Waals surface area contributed by atoms with Crippen molar-refractivity contribution < 1.29 is 14.0 Å². The van der Waals surface area contributed by atoms with Gasteiger partial charge in [0.05, 0.1) is 12.1 Å². The Morgan fingerprint density at radius 3 is 1.88 bits per heavy atom. The molecule has 0 saturated carbocycles. The molecule has 2 aromatic rings. The molecule has 1 N–H and O–H groups in total. The lowest BCUT2D eigenvalue weighted by Crippen LogP contribution is -2.43. The van der Waals surface area contributed by atoms with Crippen LogP contribution in [-0.2, 0) is 14.0 Å². The Hall–Kier alpha value is -1.95. The van der Waals surface area contributed by atoms with Crippen molar-refractivity contribution in [1.29, 1.82) is 0 Å². The number of ether oxygens (including phenoxy) is 1. The summed E-state index contributed by atoms with van der Waals surface area (Å²) in [6, 6.07) is 19.4. The number of carbonyl (C=O) groups excluding carboxylic acids is 1. The number of amides is 1. The first kappa shape index (κ1) is 20.4. The van der Waals surface area contributed by atoms with Crippen LogP contribution in [0.3, 0.4) is 0 Å². The number of carbonyl (C=O) groups is 1. The van der Waals surface area contributed by atoms with Gasteiger partial charge in [0.1, 0.15) is 0 Å².